The molecule has 0 bridgehead atoms. The Morgan fingerprint density at radius 2 is 1.77 bits per heavy atom. The van der Waals surface area contributed by atoms with Gasteiger partial charge in [-0.15, -0.1) is 0 Å². The maximum Gasteiger partial charge on any atom is 0.422 e. The number of hydrogen-bond acceptors (Lipinski definition) is 3. The molecule has 0 N–H and O–H groups in total. The van der Waals surface area contributed by atoms with Crippen LogP contribution in [0.1, 0.15) is 15.9 Å². The Hall–Kier alpha value is -2.70. The molecule has 1 heterocycles. The molecule has 1 aliphatic rings. The van der Waals surface area contributed by atoms with Crippen molar-refractivity contribution < 1.29 is 22.7 Å². The molecule has 0 fully saturated rings. The molecule has 1 amide bonds. The van der Waals surface area contributed by atoms with Crippen molar-refractivity contribution >= 4 is 11.6 Å². The minimum Gasteiger partial charge on any atom is -0.484 e. The molecule has 0 atom stereocenters. The summed E-state index contributed by atoms with van der Waals surface area (Å²) in [6.45, 7) is 0.410. The second-order valence-electron chi connectivity index (χ2n) is 6.21. The van der Waals surface area contributed by atoms with E-state index >= 15 is 0 Å². The van der Waals surface area contributed by atoms with Gasteiger partial charge in [-0.2, -0.15) is 13.2 Å². The quantitative estimate of drug-likeness (QED) is 0.832. The summed E-state index contributed by atoms with van der Waals surface area (Å²) < 4.78 is 41.3. The van der Waals surface area contributed by atoms with Crippen molar-refractivity contribution in [3.8, 4) is 5.75 Å². The molecular formula is C19H19F3N2O2. The van der Waals surface area contributed by atoms with Crippen LogP contribution in [0.4, 0.5) is 18.9 Å². The summed E-state index contributed by atoms with van der Waals surface area (Å²) in [4.78, 5) is 16.6. The highest BCUT2D eigenvalue weighted by Crippen LogP contribution is 2.25. The van der Waals surface area contributed by atoms with Crippen LogP contribution in [0.2, 0.25) is 0 Å². The number of para-hydroxylation sites is 1. The second-order valence-corrected chi connectivity index (χ2v) is 6.21. The number of fused-ring (bicyclic) bond motifs is 1. The highest BCUT2D eigenvalue weighted by atomic mass is 19.4. The van der Waals surface area contributed by atoms with Gasteiger partial charge in [-0.05, 0) is 35.9 Å². The summed E-state index contributed by atoms with van der Waals surface area (Å²) in [6.07, 6.45) is -4.39. The molecule has 2 aromatic rings. The van der Waals surface area contributed by atoms with E-state index < -0.39 is 12.8 Å². The third-order valence-corrected chi connectivity index (χ3v) is 4.26. The number of anilines is 1. The van der Waals surface area contributed by atoms with Crippen LogP contribution in [-0.4, -0.2) is 43.7 Å². The number of likely N-dealkylation sites (N-methyl/N-ethyl adjacent to an activating group) is 1. The zero-order valence-electron chi connectivity index (χ0n) is 14.3. The normalized spacial score (nSPS) is 14.6. The van der Waals surface area contributed by atoms with E-state index in [1.54, 1.807) is 4.90 Å². The van der Waals surface area contributed by atoms with Gasteiger partial charge < -0.3 is 14.5 Å². The Morgan fingerprint density at radius 3 is 2.46 bits per heavy atom. The zero-order valence-corrected chi connectivity index (χ0v) is 14.3. The van der Waals surface area contributed by atoms with Gasteiger partial charge in [-0.3, -0.25) is 4.79 Å². The van der Waals surface area contributed by atoms with Gasteiger partial charge in [0.15, 0.2) is 6.61 Å². The number of benzene rings is 2. The fraction of sp³-hybridized carbons (Fsp3) is 0.316. The molecule has 0 unspecified atom stereocenters. The Labute approximate surface area is 149 Å². The summed E-state index contributed by atoms with van der Waals surface area (Å²) in [7, 11) is 1.99. The van der Waals surface area contributed by atoms with Crippen LogP contribution in [0.5, 0.6) is 5.75 Å². The summed E-state index contributed by atoms with van der Waals surface area (Å²) in [5.74, 6) is -0.0719. The monoisotopic (exact) mass is 364 g/mol. The predicted octanol–water partition coefficient (Wildman–Crippen LogP) is 3.72. The van der Waals surface area contributed by atoms with Crippen LogP contribution in [0, 0.1) is 0 Å². The van der Waals surface area contributed by atoms with Gasteiger partial charge in [0.1, 0.15) is 5.75 Å². The fourth-order valence-corrected chi connectivity index (χ4v) is 2.91. The lowest BCUT2D eigenvalue weighted by atomic mass is 10.1. The molecule has 4 nitrogen and oxygen atoms in total. The first kappa shape index (κ1) is 18.1. The minimum absolute atomic E-state index is 0.0832. The van der Waals surface area contributed by atoms with Crippen LogP contribution >= 0.6 is 0 Å². The molecule has 0 radical (unpaired) electrons. The molecule has 0 aromatic heterocycles. The van der Waals surface area contributed by atoms with E-state index in [4.69, 9.17) is 0 Å². The van der Waals surface area contributed by atoms with E-state index in [1.807, 2.05) is 31.3 Å². The van der Waals surface area contributed by atoms with Crippen molar-refractivity contribution in [3.05, 3.63) is 59.7 Å². The largest absolute Gasteiger partial charge is 0.484 e. The van der Waals surface area contributed by atoms with Crippen LogP contribution in [-0.2, 0) is 6.54 Å². The van der Waals surface area contributed by atoms with E-state index in [2.05, 4.69) is 9.64 Å². The number of halogens is 3. The Balaban J connectivity index is 1.71. The molecule has 1 aliphatic heterocycles. The van der Waals surface area contributed by atoms with Crippen molar-refractivity contribution in [2.24, 2.45) is 0 Å². The molecule has 3 rings (SSSR count). The van der Waals surface area contributed by atoms with Crippen molar-refractivity contribution in [3.63, 3.8) is 0 Å². The van der Waals surface area contributed by atoms with Gasteiger partial charge in [0.05, 0.1) is 0 Å². The van der Waals surface area contributed by atoms with Crippen LogP contribution < -0.4 is 9.64 Å². The van der Waals surface area contributed by atoms with Crippen LogP contribution in [0.25, 0.3) is 0 Å². The first-order valence-electron chi connectivity index (χ1n) is 8.21. The maximum atomic E-state index is 12.8. The Morgan fingerprint density at radius 1 is 1.08 bits per heavy atom. The average molecular weight is 364 g/mol. The van der Waals surface area contributed by atoms with Gasteiger partial charge >= 0.3 is 6.18 Å². The van der Waals surface area contributed by atoms with E-state index in [1.165, 1.54) is 24.3 Å². The number of alkyl halides is 3. The topological polar surface area (TPSA) is 32.8 Å². The Kier molecular flexibility index (Phi) is 5.06. The molecule has 138 valence electrons. The lowest BCUT2D eigenvalue weighted by Crippen LogP contribution is -2.34. The first-order chi connectivity index (χ1) is 12.3. The number of amides is 1. The van der Waals surface area contributed by atoms with Gasteiger partial charge in [0.2, 0.25) is 0 Å². The molecule has 0 saturated heterocycles. The van der Waals surface area contributed by atoms with E-state index in [-0.39, 0.29) is 11.7 Å². The summed E-state index contributed by atoms with van der Waals surface area (Å²) in [5.41, 5.74) is 2.58. The van der Waals surface area contributed by atoms with Gasteiger partial charge in [0.25, 0.3) is 5.91 Å². The molecule has 0 spiro atoms. The van der Waals surface area contributed by atoms with Gasteiger partial charge in [-0.1, -0.05) is 18.2 Å². The van der Waals surface area contributed by atoms with E-state index in [0.29, 0.717) is 25.2 Å². The Bertz CT molecular complexity index is 775. The minimum atomic E-state index is -4.39. The highest BCUT2D eigenvalue weighted by Gasteiger charge is 2.28. The zero-order chi connectivity index (χ0) is 18.7. The number of rotatable bonds is 3. The van der Waals surface area contributed by atoms with Crippen LogP contribution in [0.3, 0.4) is 0 Å². The lowest BCUT2D eigenvalue weighted by molar-refractivity contribution is -0.153. The number of nitrogens with zero attached hydrogens (tertiary/aromatic N) is 2. The summed E-state index contributed by atoms with van der Waals surface area (Å²) >= 11 is 0. The number of carbonyl (C=O) groups is 1. The summed E-state index contributed by atoms with van der Waals surface area (Å²) in [6, 6.07) is 13.7. The second kappa shape index (κ2) is 7.27. The predicted molar refractivity (Wildman–Crippen MR) is 92.4 cm³/mol. The molecule has 0 saturated carbocycles. The van der Waals surface area contributed by atoms with Crippen molar-refractivity contribution in [2.75, 3.05) is 31.6 Å². The number of ether oxygens (including phenoxy) is 1. The van der Waals surface area contributed by atoms with Crippen molar-refractivity contribution in [1.29, 1.82) is 0 Å². The van der Waals surface area contributed by atoms with E-state index in [9.17, 15) is 18.0 Å². The molecule has 2 aromatic carbocycles. The molecular weight excluding hydrogens is 345 g/mol. The maximum absolute atomic E-state index is 12.8. The lowest BCUT2D eigenvalue weighted by Gasteiger charge is -2.21. The smallest absolute Gasteiger partial charge is 0.422 e. The SMILES string of the molecule is CN1CCN(C(=O)c2ccc(OCC(F)(F)F)cc2)Cc2ccccc21. The van der Waals surface area contributed by atoms with Crippen molar-refractivity contribution in [1.82, 2.24) is 4.90 Å². The first-order valence-corrected chi connectivity index (χ1v) is 8.21. The number of hydrogen-bond donors (Lipinski definition) is 0. The highest BCUT2D eigenvalue weighted by molar-refractivity contribution is 5.94. The molecule has 26 heavy (non-hydrogen) atoms. The van der Waals surface area contributed by atoms with Crippen molar-refractivity contribution in [2.45, 2.75) is 12.7 Å². The van der Waals surface area contributed by atoms with Crippen LogP contribution in [0.15, 0.2) is 48.5 Å². The standard InChI is InChI=1S/C19H19F3N2O2/c1-23-10-11-24(12-15-4-2-3-5-17(15)23)18(25)14-6-8-16(9-7-14)26-13-19(20,21)22/h2-9H,10-13H2,1H3. The third-order valence-electron chi connectivity index (χ3n) is 4.26. The van der Waals surface area contributed by atoms with E-state index in [0.717, 1.165) is 11.3 Å². The van der Waals surface area contributed by atoms with Gasteiger partial charge in [0, 0.05) is 37.9 Å². The summed E-state index contributed by atoms with van der Waals surface area (Å²) in [5, 5.41) is 0. The average Bonchev–Trinajstić information content (AvgIpc) is 2.79. The third kappa shape index (κ3) is 4.28. The van der Waals surface area contributed by atoms with Gasteiger partial charge in [-0.25, -0.2) is 0 Å². The molecule has 7 heteroatoms. The number of carbonyl (C=O) groups excluding carboxylic acids is 1. The molecule has 0 aliphatic carbocycles. The fourth-order valence-electron chi connectivity index (χ4n) is 2.91.